The zero-order valence-corrected chi connectivity index (χ0v) is 15.7. The molecule has 0 aliphatic carbocycles. The first-order valence-electron chi connectivity index (χ1n) is 9.17. The van der Waals surface area contributed by atoms with Crippen molar-refractivity contribution in [2.24, 2.45) is 7.05 Å². The lowest BCUT2D eigenvalue weighted by molar-refractivity contribution is -0.659. The van der Waals surface area contributed by atoms with Crippen molar-refractivity contribution in [2.45, 2.75) is 6.92 Å². The second-order valence-corrected chi connectivity index (χ2v) is 6.96. The van der Waals surface area contributed by atoms with Crippen LogP contribution in [0.4, 0.5) is 0 Å². The predicted octanol–water partition coefficient (Wildman–Crippen LogP) is 5.05. The number of nitriles is 1. The Labute approximate surface area is 162 Å². The maximum Gasteiger partial charge on any atom is 0.297 e. The maximum atomic E-state index is 9.56. The van der Waals surface area contributed by atoms with Gasteiger partial charge in [-0.2, -0.15) is 9.83 Å². The molecule has 0 aliphatic rings. The molecule has 0 unspecified atom stereocenters. The monoisotopic (exact) mass is 364 g/mol. The predicted molar refractivity (Wildman–Crippen MR) is 109 cm³/mol. The average Bonchev–Trinajstić information content (AvgIpc) is 3.29. The first-order valence-corrected chi connectivity index (χ1v) is 9.17. The number of aromatic nitrogens is 2. The highest BCUT2D eigenvalue weighted by Gasteiger charge is 2.26. The fraction of sp³-hybridized carbons (Fsp3) is 0.0833. The van der Waals surface area contributed by atoms with Crippen molar-refractivity contribution in [1.29, 1.82) is 5.26 Å². The highest BCUT2D eigenvalue weighted by Crippen LogP contribution is 2.38. The molecule has 0 aliphatic heterocycles. The van der Waals surface area contributed by atoms with E-state index in [0.717, 1.165) is 44.6 Å². The number of aryl methyl sites for hydroxylation is 2. The minimum atomic E-state index is 0.633. The standard InChI is InChI=1S/C24H18N3O/c1-16-11-12-19-22-17(15-25)7-6-10-20(22)28-23(19)21(16)24-26(2)13-14-27(24)18-8-4-3-5-9-18/h3-14H,1-2H3/q+1. The molecule has 0 amide bonds. The van der Waals surface area contributed by atoms with Gasteiger partial charge in [0.05, 0.1) is 18.7 Å². The number of para-hydroxylation sites is 1. The minimum Gasteiger partial charge on any atom is -0.455 e. The molecule has 28 heavy (non-hydrogen) atoms. The van der Waals surface area contributed by atoms with E-state index < -0.39 is 0 Å². The molecule has 134 valence electrons. The van der Waals surface area contributed by atoms with Crippen LogP contribution >= 0.6 is 0 Å². The number of nitrogens with zero attached hydrogens (tertiary/aromatic N) is 3. The molecule has 2 aromatic heterocycles. The average molecular weight is 364 g/mol. The first kappa shape index (κ1) is 16.3. The number of hydrogen-bond acceptors (Lipinski definition) is 2. The van der Waals surface area contributed by atoms with Crippen molar-refractivity contribution in [2.75, 3.05) is 0 Å². The normalized spacial score (nSPS) is 11.2. The van der Waals surface area contributed by atoms with Gasteiger partial charge in [-0.15, -0.1) is 0 Å². The summed E-state index contributed by atoms with van der Waals surface area (Å²) >= 11 is 0. The fourth-order valence-electron chi connectivity index (χ4n) is 3.93. The van der Waals surface area contributed by atoms with Crippen LogP contribution in [0, 0.1) is 18.3 Å². The van der Waals surface area contributed by atoms with Crippen LogP contribution in [0.15, 0.2) is 77.5 Å². The summed E-state index contributed by atoms with van der Waals surface area (Å²) in [6.07, 6.45) is 4.11. The van der Waals surface area contributed by atoms with Gasteiger partial charge in [-0.1, -0.05) is 36.4 Å². The van der Waals surface area contributed by atoms with Crippen LogP contribution in [0.5, 0.6) is 0 Å². The molecule has 5 aromatic rings. The molecule has 0 radical (unpaired) electrons. The third kappa shape index (κ3) is 2.27. The van der Waals surface area contributed by atoms with Gasteiger partial charge in [0.2, 0.25) is 0 Å². The van der Waals surface area contributed by atoms with Crippen LogP contribution in [0.3, 0.4) is 0 Å². The van der Waals surface area contributed by atoms with Crippen LogP contribution in [0.2, 0.25) is 0 Å². The van der Waals surface area contributed by atoms with Gasteiger partial charge in [-0.25, -0.2) is 4.57 Å². The molecule has 0 spiro atoms. The number of furan rings is 1. The Balaban J connectivity index is 1.91. The van der Waals surface area contributed by atoms with Crippen molar-refractivity contribution in [1.82, 2.24) is 4.57 Å². The van der Waals surface area contributed by atoms with Crippen molar-refractivity contribution < 1.29 is 8.98 Å². The molecule has 4 heteroatoms. The molecule has 0 bridgehead atoms. The van der Waals surface area contributed by atoms with Crippen molar-refractivity contribution >= 4 is 21.9 Å². The number of rotatable bonds is 2. The Kier molecular flexibility index (Phi) is 3.56. The van der Waals surface area contributed by atoms with Gasteiger partial charge in [-0.05, 0) is 36.8 Å². The Morgan fingerprint density at radius 2 is 1.82 bits per heavy atom. The lowest BCUT2D eigenvalue weighted by Gasteiger charge is -2.07. The topological polar surface area (TPSA) is 45.7 Å². The zero-order valence-electron chi connectivity index (χ0n) is 15.7. The van der Waals surface area contributed by atoms with Crippen LogP contribution in [-0.2, 0) is 7.05 Å². The molecule has 2 heterocycles. The van der Waals surface area contributed by atoms with Gasteiger partial charge in [0.15, 0.2) is 5.58 Å². The maximum absolute atomic E-state index is 9.56. The van der Waals surface area contributed by atoms with E-state index in [1.807, 2.05) is 49.6 Å². The van der Waals surface area contributed by atoms with E-state index in [4.69, 9.17) is 4.42 Å². The summed E-state index contributed by atoms with van der Waals surface area (Å²) in [6.45, 7) is 2.09. The molecule has 0 N–H and O–H groups in total. The number of hydrogen-bond donors (Lipinski definition) is 0. The van der Waals surface area contributed by atoms with Crippen LogP contribution in [0.25, 0.3) is 39.0 Å². The number of benzene rings is 3. The van der Waals surface area contributed by atoms with E-state index in [2.05, 4.69) is 52.6 Å². The van der Waals surface area contributed by atoms with Crippen LogP contribution in [-0.4, -0.2) is 4.57 Å². The third-order valence-electron chi connectivity index (χ3n) is 5.25. The van der Waals surface area contributed by atoms with Gasteiger partial charge < -0.3 is 4.42 Å². The van der Waals surface area contributed by atoms with E-state index in [1.54, 1.807) is 0 Å². The summed E-state index contributed by atoms with van der Waals surface area (Å²) in [5.74, 6) is 1.03. The Morgan fingerprint density at radius 1 is 1.00 bits per heavy atom. The van der Waals surface area contributed by atoms with E-state index in [1.165, 1.54) is 0 Å². The molecule has 5 rings (SSSR count). The van der Waals surface area contributed by atoms with Gasteiger partial charge >= 0.3 is 0 Å². The summed E-state index contributed by atoms with van der Waals surface area (Å²) in [4.78, 5) is 0. The summed E-state index contributed by atoms with van der Waals surface area (Å²) < 4.78 is 10.6. The van der Waals surface area contributed by atoms with Gasteiger partial charge in [0, 0.05) is 10.8 Å². The molecule has 0 saturated heterocycles. The lowest BCUT2D eigenvalue weighted by atomic mass is 10.0. The second-order valence-electron chi connectivity index (χ2n) is 6.96. The molecule has 3 aromatic carbocycles. The summed E-state index contributed by atoms with van der Waals surface area (Å²) in [5, 5.41) is 11.4. The zero-order chi connectivity index (χ0) is 19.3. The van der Waals surface area contributed by atoms with Crippen LogP contribution in [0.1, 0.15) is 11.1 Å². The molecular formula is C24H18N3O+. The fourth-order valence-corrected chi connectivity index (χ4v) is 3.93. The van der Waals surface area contributed by atoms with E-state index in [0.29, 0.717) is 5.56 Å². The highest BCUT2D eigenvalue weighted by molar-refractivity contribution is 6.11. The highest BCUT2D eigenvalue weighted by atomic mass is 16.3. The molecular weight excluding hydrogens is 346 g/mol. The quantitative estimate of drug-likeness (QED) is 0.412. The van der Waals surface area contributed by atoms with Crippen molar-refractivity contribution in [3.8, 4) is 23.1 Å². The second kappa shape index (κ2) is 6.11. The number of fused-ring (bicyclic) bond motifs is 3. The van der Waals surface area contributed by atoms with Gasteiger partial charge in [0.25, 0.3) is 5.82 Å². The van der Waals surface area contributed by atoms with Crippen molar-refractivity contribution in [3.63, 3.8) is 0 Å². The largest absolute Gasteiger partial charge is 0.455 e. The van der Waals surface area contributed by atoms with E-state index in [-0.39, 0.29) is 0 Å². The molecule has 4 nitrogen and oxygen atoms in total. The van der Waals surface area contributed by atoms with E-state index >= 15 is 0 Å². The first-order chi connectivity index (χ1) is 13.7. The molecule has 0 atom stereocenters. The lowest BCUT2D eigenvalue weighted by Crippen LogP contribution is -2.29. The Hall–Kier alpha value is -3.84. The smallest absolute Gasteiger partial charge is 0.297 e. The minimum absolute atomic E-state index is 0.633. The molecule has 0 fully saturated rings. The number of imidazole rings is 1. The van der Waals surface area contributed by atoms with Crippen molar-refractivity contribution in [3.05, 3.63) is 84.2 Å². The Morgan fingerprint density at radius 3 is 2.61 bits per heavy atom. The summed E-state index contributed by atoms with van der Waals surface area (Å²) in [6, 6.07) is 22.3. The van der Waals surface area contributed by atoms with Crippen LogP contribution < -0.4 is 4.57 Å². The summed E-state index contributed by atoms with van der Waals surface area (Å²) in [5.41, 5.74) is 5.42. The summed E-state index contributed by atoms with van der Waals surface area (Å²) in [7, 11) is 2.04. The SMILES string of the molecule is Cc1ccc2c(oc3cccc(C#N)c32)c1-c1n(-c2ccccc2)cc[n+]1C. The Bertz CT molecular complexity index is 1380. The third-order valence-corrected chi connectivity index (χ3v) is 5.25. The van der Waals surface area contributed by atoms with E-state index in [9.17, 15) is 5.26 Å². The van der Waals surface area contributed by atoms with Gasteiger partial charge in [0.1, 0.15) is 29.2 Å². The molecule has 0 saturated carbocycles. The van der Waals surface area contributed by atoms with Gasteiger partial charge in [-0.3, -0.25) is 0 Å².